The van der Waals surface area contributed by atoms with E-state index < -0.39 is 0 Å². The molecule has 0 aromatic carbocycles. The van der Waals surface area contributed by atoms with Gasteiger partial charge in [-0.1, -0.05) is 0 Å². The van der Waals surface area contributed by atoms with E-state index in [0.717, 1.165) is 9.26 Å². The highest BCUT2D eigenvalue weighted by Gasteiger charge is 2.00. The second-order valence-electron chi connectivity index (χ2n) is 1.99. The van der Waals surface area contributed by atoms with Crippen LogP contribution in [0.2, 0.25) is 0 Å². The van der Waals surface area contributed by atoms with Crippen LogP contribution in [0.15, 0.2) is 12.3 Å². The first-order valence-electron chi connectivity index (χ1n) is 3.07. The van der Waals surface area contributed by atoms with Gasteiger partial charge in [0.05, 0.1) is 13.7 Å². The minimum absolute atomic E-state index is 0.000278. The molecule has 0 saturated heterocycles. The second-order valence-corrected chi connectivity index (χ2v) is 3.02. The summed E-state index contributed by atoms with van der Waals surface area (Å²) in [6, 6.07) is 1.77. The molecule has 60 valence electrons. The van der Waals surface area contributed by atoms with Crippen LogP contribution in [-0.2, 0) is 6.61 Å². The fourth-order valence-electron chi connectivity index (χ4n) is 0.698. The van der Waals surface area contributed by atoms with Gasteiger partial charge in [-0.3, -0.25) is 0 Å². The molecule has 0 radical (unpaired) electrons. The van der Waals surface area contributed by atoms with E-state index in [2.05, 4.69) is 27.6 Å². The van der Waals surface area contributed by atoms with Gasteiger partial charge in [0.2, 0.25) is 0 Å². The summed E-state index contributed by atoms with van der Waals surface area (Å²) in [5.41, 5.74) is 0.766. The predicted octanol–water partition coefficient (Wildman–Crippen LogP) is 1.19. The van der Waals surface area contributed by atoms with E-state index in [1.54, 1.807) is 19.4 Å². The number of aliphatic hydroxyl groups excluding tert-OH is 1. The minimum atomic E-state index is 0.000278. The Morgan fingerprint density at radius 1 is 1.73 bits per heavy atom. The van der Waals surface area contributed by atoms with Crippen LogP contribution in [-0.4, -0.2) is 17.2 Å². The molecule has 1 aromatic heterocycles. The van der Waals surface area contributed by atoms with E-state index in [1.165, 1.54) is 0 Å². The van der Waals surface area contributed by atoms with Gasteiger partial charge < -0.3 is 9.84 Å². The normalized spacial score (nSPS) is 9.73. The Labute approximate surface area is 78.6 Å². The van der Waals surface area contributed by atoms with E-state index in [0.29, 0.717) is 5.75 Å². The molecule has 4 heteroatoms. The van der Waals surface area contributed by atoms with Crippen molar-refractivity contribution in [3.8, 4) is 5.75 Å². The number of hydrogen-bond acceptors (Lipinski definition) is 3. The molecule has 0 unspecified atom stereocenters. The fraction of sp³-hybridized carbons (Fsp3) is 0.286. The van der Waals surface area contributed by atoms with Crippen LogP contribution in [0.25, 0.3) is 0 Å². The Morgan fingerprint density at radius 3 is 3.00 bits per heavy atom. The molecule has 1 rings (SSSR count). The number of halogens is 1. The van der Waals surface area contributed by atoms with Crippen molar-refractivity contribution < 1.29 is 9.84 Å². The standard InChI is InChI=1S/C7H8INO2/c1-11-6-2-5(4-10)3-9-7(6)8/h2-3,10H,4H2,1H3. The number of aliphatic hydroxyl groups is 1. The largest absolute Gasteiger partial charge is 0.494 e. The van der Waals surface area contributed by atoms with E-state index in [-0.39, 0.29) is 6.61 Å². The summed E-state index contributed by atoms with van der Waals surface area (Å²) in [7, 11) is 1.58. The van der Waals surface area contributed by atoms with Crippen molar-refractivity contribution in [2.75, 3.05) is 7.11 Å². The van der Waals surface area contributed by atoms with Crippen LogP contribution in [0.5, 0.6) is 5.75 Å². The summed E-state index contributed by atoms with van der Waals surface area (Å²) in [4.78, 5) is 4.02. The molecule has 0 fully saturated rings. The Hall–Kier alpha value is -0.360. The van der Waals surface area contributed by atoms with Crippen molar-refractivity contribution in [3.05, 3.63) is 21.5 Å². The lowest BCUT2D eigenvalue weighted by molar-refractivity contribution is 0.280. The molecule has 0 spiro atoms. The lowest BCUT2D eigenvalue weighted by Gasteiger charge is -2.02. The van der Waals surface area contributed by atoms with Crippen molar-refractivity contribution in [1.82, 2.24) is 4.98 Å². The molecular formula is C7H8INO2. The SMILES string of the molecule is COc1cc(CO)cnc1I. The summed E-state index contributed by atoms with van der Waals surface area (Å²) >= 11 is 2.08. The number of ether oxygens (including phenoxy) is 1. The first-order valence-corrected chi connectivity index (χ1v) is 4.15. The number of nitrogens with zero attached hydrogens (tertiary/aromatic N) is 1. The van der Waals surface area contributed by atoms with E-state index in [4.69, 9.17) is 9.84 Å². The molecule has 3 nitrogen and oxygen atoms in total. The third-order valence-corrected chi connectivity index (χ3v) is 2.08. The zero-order chi connectivity index (χ0) is 8.27. The van der Waals surface area contributed by atoms with Crippen LogP contribution in [0.1, 0.15) is 5.56 Å². The Balaban J connectivity index is 3.02. The second kappa shape index (κ2) is 3.87. The van der Waals surface area contributed by atoms with Crippen LogP contribution < -0.4 is 4.74 Å². The Morgan fingerprint density at radius 2 is 2.45 bits per heavy atom. The van der Waals surface area contributed by atoms with Gasteiger partial charge in [-0.05, 0) is 34.2 Å². The quantitative estimate of drug-likeness (QED) is 0.645. The molecule has 0 saturated carbocycles. The molecule has 0 aliphatic heterocycles. The Kier molecular flexibility index (Phi) is 3.07. The topological polar surface area (TPSA) is 42.4 Å². The summed E-state index contributed by atoms with van der Waals surface area (Å²) in [6.45, 7) is 0.000278. The number of methoxy groups -OCH3 is 1. The average Bonchev–Trinajstić information content (AvgIpc) is 2.05. The van der Waals surface area contributed by atoms with Gasteiger partial charge in [-0.2, -0.15) is 0 Å². The van der Waals surface area contributed by atoms with Gasteiger partial charge >= 0.3 is 0 Å². The molecule has 1 N–H and O–H groups in total. The summed E-state index contributed by atoms with van der Waals surface area (Å²) < 4.78 is 5.81. The maximum atomic E-state index is 8.75. The van der Waals surface area contributed by atoms with E-state index in [1.807, 2.05) is 0 Å². The van der Waals surface area contributed by atoms with Gasteiger partial charge in [-0.25, -0.2) is 4.98 Å². The molecule has 0 aliphatic rings. The number of aromatic nitrogens is 1. The highest BCUT2D eigenvalue weighted by Crippen LogP contribution is 2.18. The highest BCUT2D eigenvalue weighted by atomic mass is 127. The zero-order valence-electron chi connectivity index (χ0n) is 6.04. The maximum Gasteiger partial charge on any atom is 0.151 e. The number of pyridine rings is 1. The molecule has 1 heterocycles. The third-order valence-electron chi connectivity index (χ3n) is 1.27. The fourth-order valence-corrected chi connectivity index (χ4v) is 1.21. The highest BCUT2D eigenvalue weighted by molar-refractivity contribution is 14.1. The number of rotatable bonds is 2. The molecule has 0 atom stereocenters. The van der Waals surface area contributed by atoms with Gasteiger partial charge in [-0.15, -0.1) is 0 Å². The van der Waals surface area contributed by atoms with E-state index >= 15 is 0 Å². The minimum Gasteiger partial charge on any atom is -0.494 e. The van der Waals surface area contributed by atoms with Crippen molar-refractivity contribution in [1.29, 1.82) is 0 Å². The zero-order valence-corrected chi connectivity index (χ0v) is 8.20. The van der Waals surface area contributed by atoms with Gasteiger partial charge in [0.1, 0.15) is 3.70 Å². The van der Waals surface area contributed by atoms with Gasteiger partial charge in [0.25, 0.3) is 0 Å². The van der Waals surface area contributed by atoms with Crippen molar-refractivity contribution in [2.45, 2.75) is 6.61 Å². The average molecular weight is 265 g/mol. The smallest absolute Gasteiger partial charge is 0.151 e. The van der Waals surface area contributed by atoms with Crippen LogP contribution in [0, 0.1) is 3.70 Å². The molecular weight excluding hydrogens is 257 g/mol. The number of hydrogen-bond donors (Lipinski definition) is 1. The van der Waals surface area contributed by atoms with Crippen molar-refractivity contribution in [2.24, 2.45) is 0 Å². The van der Waals surface area contributed by atoms with Crippen LogP contribution in [0.3, 0.4) is 0 Å². The lowest BCUT2D eigenvalue weighted by Crippen LogP contribution is -1.93. The molecule has 0 bridgehead atoms. The third kappa shape index (κ3) is 2.03. The Bertz CT molecular complexity index is 252. The van der Waals surface area contributed by atoms with Crippen molar-refractivity contribution >= 4 is 22.6 Å². The van der Waals surface area contributed by atoms with Crippen LogP contribution in [0.4, 0.5) is 0 Å². The summed E-state index contributed by atoms with van der Waals surface area (Å²) in [5.74, 6) is 0.706. The van der Waals surface area contributed by atoms with Gasteiger partial charge in [0, 0.05) is 6.20 Å². The van der Waals surface area contributed by atoms with E-state index in [9.17, 15) is 0 Å². The van der Waals surface area contributed by atoms with Crippen LogP contribution >= 0.6 is 22.6 Å². The first-order chi connectivity index (χ1) is 5.27. The maximum absolute atomic E-state index is 8.75. The molecule has 0 amide bonds. The predicted molar refractivity (Wildman–Crippen MR) is 49.4 cm³/mol. The summed E-state index contributed by atoms with van der Waals surface area (Å²) in [6.07, 6.45) is 1.63. The van der Waals surface area contributed by atoms with Crippen molar-refractivity contribution in [3.63, 3.8) is 0 Å². The van der Waals surface area contributed by atoms with Gasteiger partial charge in [0.15, 0.2) is 5.75 Å². The monoisotopic (exact) mass is 265 g/mol. The first kappa shape index (κ1) is 8.73. The summed E-state index contributed by atoms with van der Waals surface area (Å²) in [5, 5.41) is 8.75. The molecule has 1 aromatic rings. The lowest BCUT2D eigenvalue weighted by atomic mass is 10.3. The molecule has 11 heavy (non-hydrogen) atoms. The molecule has 0 aliphatic carbocycles.